The van der Waals surface area contributed by atoms with Gasteiger partial charge in [0.1, 0.15) is 0 Å². The summed E-state index contributed by atoms with van der Waals surface area (Å²) < 4.78 is 0. The fourth-order valence-electron chi connectivity index (χ4n) is 1.63. The fraction of sp³-hybridized carbons (Fsp3) is 0.700. The third kappa shape index (κ3) is 4.58. The molecule has 0 aromatic rings. The average Bonchev–Trinajstić information content (AvgIpc) is 2.20. The van der Waals surface area contributed by atoms with Crippen LogP contribution in [-0.2, 0) is 0 Å². The van der Waals surface area contributed by atoms with E-state index in [4.69, 9.17) is 12.2 Å². The Labute approximate surface area is 91.3 Å². The molecule has 0 saturated carbocycles. The van der Waals surface area contributed by atoms with E-state index in [1.807, 2.05) is 0 Å². The molecule has 1 rings (SSSR count). The Bertz CT molecular complexity index is 213. The van der Waals surface area contributed by atoms with E-state index < -0.39 is 0 Å². The number of thiocarbonyl (C=S) groups is 1. The van der Waals surface area contributed by atoms with E-state index >= 15 is 0 Å². The van der Waals surface area contributed by atoms with Crippen LogP contribution >= 0.6 is 12.2 Å². The van der Waals surface area contributed by atoms with Gasteiger partial charge in [-0.05, 0) is 44.3 Å². The van der Waals surface area contributed by atoms with Crippen LogP contribution in [-0.4, -0.2) is 18.7 Å². The molecule has 0 fully saturated rings. The van der Waals surface area contributed by atoms with Crippen molar-refractivity contribution in [3.63, 3.8) is 0 Å². The smallest absolute Gasteiger partial charge is 0.180 e. The van der Waals surface area contributed by atoms with Gasteiger partial charge in [0, 0.05) is 13.6 Å². The van der Waals surface area contributed by atoms with Crippen LogP contribution in [0.15, 0.2) is 11.6 Å². The average molecular weight is 213 g/mol. The van der Waals surface area contributed by atoms with Gasteiger partial charge >= 0.3 is 0 Å². The topological polar surface area (TPSA) is 36.1 Å². The number of nitrogens with one attached hydrogen (secondary N) is 3. The maximum Gasteiger partial charge on any atom is 0.180 e. The third-order valence-electron chi connectivity index (χ3n) is 2.36. The number of hydrazine groups is 1. The minimum Gasteiger partial charge on any atom is -0.361 e. The third-order valence-corrected chi connectivity index (χ3v) is 2.60. The maximum absolute atomic E-state index is 5.02. The molecule has 14 heavy (non-hydrogen) atoms. The van der Waals surface area contributed by atoms with E-state index in [-0.39, 0.29) is 0 Å². The lowest BCUT2D eigenvalue weighted by Gasteiger charge is -2.14. The molecule has 4 heteroatoms. The van der Waals surface area contributed by atoms with E-state index in [2.05, 4.69) is 22.2 Å². The highest BCUT2D eigenvalue weighted by Crippen LogP contribution is 2.19. The molecule has 0 aromatic heterocycles. The summed E-state index contributed by atoms with van der Waals surface area (Å²) in [6, 6.07) is 0. The number of allylic oxidation sites excluding steroid dienone is 1. The van der Waals surface area contributed by atoms with Gasteiger partial charge in [-0.25, -0.2) is 5.43 Å². The zero-order valence-electron chi connectivity index (χ0n) is 8.73. The zero-order valence-corrected chi connectivity index (χ0v) is 9.54. The second kappa shape index (κ2) is 6.79. The summed E-state index contributed by atoms with van der Waals surface area (Å²) >= 11 is 5.02. The molecule has 1 aliphatic rings. The van der Waals surface area contributed by atoms with Gasteiger partial charge in [-0.15, -0.1) is 0 Å². The van der Waals surface area contributed by atoms with Crippen LogP contribution in [0.5, 0.6) is 0 Å². The summed E-state index contributed by atoms with van der Waals surface area (Å²) in [5.74, 6) is 0. The van der Waals surface area contributed by atoms with Crippen molar-refractivity contribution in [3.05, 3.63) is 11.6 Å². The number of hydrogen-bond acceptors (Lipinski definition) is 2. The predicted octanol–water partition coefficient (Wildman–Crippen LogP) is 1.48. The van der Waals surface area contributed by atoms with Gasteiger partial charge in [0.15, 0.2) is 5.11 Å². The quantitative estimate of drug-likeness (QED) is 0.375. The molecular formula is C10H19N3S. The minimum absolute atomic E-state index is 0.670. The molecule has 0 spiro atoms. The molecule has 0 bridgehead atoms. The molecule has 0 saturated heterocycles. The van der Waals surface area contributed by atoms with Crippen LogP contribution in [0.3, 0.4) is 0 Å². The molecule has 0 aliphatic heterocycles. The largest absolute Gasteiger partial charge is 0.361 e. The SMILES string of the molecule is CNNC(=S)NCCC1=CCCCC1. The highest BCUT2D eigenvalue weighted by Gasteiger charge is 2.03. The molecule has 0 radical (unpaired) electrons. The van der Waals surface area contributed by atoms with Crippen LogP contribution in [0.1, 0.15) is 32.1 Å². The van der Waals surface area contributed by atoms with Gasteiger partial charge in [0.2, 0.25) is 0 Å². The van der Waals surface area contributed by atoms with Gasteiger partial charge in [0.25, 0.3) is 0 Å². The van der Waals surface area contributed by atoms with Crippen molar-refractivity contribution in [2.75, 3.05) is 13.6 Å². The van der Waals surface area contributed by atoms with E-state index in [0.717, 1.165) is 13.0 Å². The normalized spacial score (nSPS) is 15.9. The van der Waals surface area contributed by atoms with Gasteiger partial charge < -0.3 is 5.32 Å². The Morgan fingerprint density at radius 1 is 1.50 bits per heavy atom. The van der Waals surface area contributed by atoms with E-state index in [9.17, 15) is 0 Å². The molecule has 0 aromatic carbocycles. The lowest BCUT2D eigenvalue weighted by molar-refractivity contribution is 0.663. The van der Waals surface area contributed by atoms with Gasteiger partial charge in [-0.3, -0.25) is 5.43 Å². The van der Waals surface area contributed by atoms with Crippen LogP contribution < -0.4 is 16.2 Å². The van der Waals surface area contributed by atoms with Crippen molar-refractivity contribution in [3.8, 4) is 0 Å². The van der Waals surface area contributed by atoms with Crippen LogP contribution in [0.25, 0.3) is 0 Å². The maximum atomic E-state index is 5.02. The van der Waals surface area contributed by atoms with Crippen LogP contribution in [0, 0.1) is 0 Å². The van der Waals surface area contributed by atoms with E-state index in [0.29, 0.717) is 5.11 Å². The van der Waals surface area contributed by atoms with Crippen molar-refractivity contribution in [2.24, 2.45) is 0 Å². The fourth-order valence-corrected chi connectivity index (χ4v) is 1.83. The Kier molecular flexibility index (Phi) is 5.56. The predicted molar refractivity (Wildman–Crippen MR) is 64.0 cm³/mol. The summed E-state index contributed by atoms with van der Waals surface area (Å²) in [4.78, 5) is 0. The first-order valence-corrected chi connectivity index (χ1v) is 5.62. The van der Waals surface area contributed by atoms with Crippen LogP contribution in [0.2, 0.25) is 0 Å². The Hall–Kier alpha value is -0.610. The van der Waals surface area contributed by atoms with E-state index in [1.165, 1.54) is 25.7 Å². The number of rotatable bonds is 4. The summed E-state index contributed by atoms with van der Waals surface area (Å²) in [7, 11) is 1.80. The molecular weight excluding hydrogens is 194 g/mol. The Morgan fingerprint density at radius 2 is 2.36 bits per heavy atom. The lowest BCUT2D eigenvalue weighted by Crippen LogP contribution is -2.42. The summed E-state index contributed by atoms with van der Waals surface area (Å²) in [6.07, 6.45) is 8.73. The lowest BCUT2D eigenvalue weighted by atomic mass is 9.97. The number of hydrogen-bond donors (Lipinski definition) is 3. The zero-order chi connectivity index (χ0) is 10.2. The molecule has 80 valence electrons. The van der Waals surface area contributed by atoms with Crippen molar-refractivity contribution in [2.45, 2.75) is 32.1 Å². The first kappa shape index (κ1) is 11.5. The summed E-state index contributed by atoms with van der Waals surface area (Å²) in [5, 5.41) is 3.82. The second-order valence-electron chi connectivity index (χ2n) is 3.49. The van der Waals surface area contributed by atoms with Gasteiger partial charge in [-0.2, -0.15) is 0 Å². The second-order valence-corrected chi connectivity index (χ2v) is 3.90. The van der Waals surface area contributed by atoms with Gasteiger partial charge in [-0.1, -0.05) is 11.6 Å². The molecule has 3 nitrogen and oxygen atoms in total. The van der Waals surface area contributed by atoms with Crippen LogP contribution in [0.4, 0.5) is 0 Å². The van der Waals surface area contributed by atoms with Crippen molar-refractivity contribution in [1.82, 2.24) is 16.2 Å². The highest BCUT2D eigenvalue weighted by atomic mass is 32.1. The molecule has 1 aliphatic carbocycles. The summed E-state index contributed by atoms with van der Waals surface area (Å²) in [6.45, 7) is 0.930. The Balaban J connectivity index is 2.08. The van der Waals surface area contributed by atoms with Crippen molar-refractivity contribution < 1.29 is 0 Å². The summed E-state index contributed by atoms with van der Waals surface area (Å²) in [5.41, 5.74) is 7.20. The molecule has 0 atom stereocenters. The van der Waals surface area contributed by atoms with Crippen molar-refractivity contribution >= 4 is 17.3 Å². The van der Waals surface area contributed by atoms with Crippen molar-refractivity contribution in [1.29, 1.82) is 0 Å². The minimum atomic E-state index is 0.670. The monoisotopic (exact) mass is 213 g/mol. The standard InChI is InChI=1S/C10H19N3S/c1-11-13-10(14)12-8-7-9-5-3-2-4-6-9/h5,11H,2-4,6-8H2,1H3,(H2,12,13,14). The first-order valence-electron chi connectivity index (χ1n) is 5.21. The Morgan fingerprint density at radius 3 is 3.00 bits per heavy atom. The first-order chi connectivity index (χ1) is 6.83. The highest BCUT2D eigenvalue weighted by molar-refractivity contribution is 7.80. The van der Waals surface area contributed by atoms with Gasteiger partial charge in [0.05, 0.1) is 0 Å². The molecule has 0 heterocycles. The molecule has 0 amide bonds. The molecule has 3 N–H and O–H groups in total. The van der Waals surface area contributed by atoms with E-state index in [1.54, 1.807) is 12.6 Å². The molecule has 0 unspecified atom stereocenters.